The molecule has 0 N–H and O–H groups in total. The molecule has 0 unspecified atom stereocenters. The number of para-hydroxylation sites is 1. The van der Waals surface area contributed by atoms with Gasteiger partial charge in [0.05, 0.1) is 11.3 Å². The molecule has 0 bridgehead atoms. The Kier molecular flexibility index (Phi) is 3.90. The van der Waals surface area contributed by atoms with E-state index in [1.807, 2.05) is 26.8 Å². The zero-order valence-electron chi connectivity index (χ0n) is 10.8. The lowest BCUT2D eigenvalue weighted by Gasteiger charge is -2.28. The van der Waals surface area contributed by atoms with Gasteiger partial charge in [-0.25, -0.2) is 0 Å². The van der Waals surface area contributed by atoms with Gasteiger partial charge in [0.2, 0.25) is 5.91 Å². The first-order chi connectivity index (χ1) is 7.94. The Bertz CT molecular complexity index is 458. The first kappa shape index (κ1) is 13.2. The molecule has 0 fully saturated rings. The fraction of sp³-hybridized carbons (Fsp3) is 0.429. The molecule has 3 heteroatoms. The van der Waals surface area contributed by atoms with Crippen molar-refractivity contribution in [3.05, 3.63) is 29.8 Å². The molecule has 1 amide bonds. The van der Waals surface area contributed by atoms with Crippen LogP contribution < -0.4 is 4.90 Å². The summed E-state index contributed by atoms with van der Waals surface area (Å²) in [5.41, 5.74) is 0.786. The van der Waals surface area contributed by atoms with Gasteiger partial charge in [0, 0.05) is 12.5 Å². The highest BCUT2D eigenvalue weighted by Gasteiger charge is 2.29. The van der Waals surface area contributed by atoms with Gasteiger partial charge in [-0.2, -0.15) is 5.26 Å². The molecule has 90 valence electrons. The van der Waals surface area contributed by atoms with Gasteiger partial charge < -0.3 is 4.90 Å². The van der Waals surface area contributed by atoms with Crippen LogP contribution in [0, 0.1) is 16.7 Å². The monoisotopic (exact) mass is 230 g/mol. The molecular weight excluding hydrogens is 212 g/mol. The summed E-state index contributed by atoms with van der Waals surface area (Å²) in [6.07, 6.45) is 0.769. The number of nitrogens with zero attached hydrogens (tertiary/aromatic N) is 2. The number of nitriles is 1. The van der Waals surface area contributed by atoms with Crippen molar-refractivity contribution in [2.45, 2.75) is 27.2 Å². The molecule has 1 aromatic carbocycles. The maximum absolute atomic E-state index is 12.3. The lowest BCUT2D eigenvalue weighted by molar-refractivity contribution is -0.126. The molecule has 1 aromatic rings. The predicted molar refractivity (Wildman–Crippen MR) is 68.6 cm³/mol. The second kappa shape index (κ2) is 5.01. The molecule has 0 aliphatic rings. The van der Waals surface area contributed by atoms with Crippen LogP contribution in [0.5, 0.6) is 0 Å². The molecule has 0 spiro atoms. The van der Waals surface area contributed by atoms with Gasteiger partial charge in [0.25, 0.3) is 0 Å². The number of benzene rings is 1. The molecule has 1 rings (SSSR count). The minimum absolute atomic E-state index is 0.0303. The number of hydrogen-bond acceptors (Lipinski definition) is 2. The number of rotatable bonds is 3. The Morgan fingerprint density at radius 1 is 1.41 bits per heavy atom. The Labute approximate surface area is 103 Å². The Morgan fingerprint density at radius 2 is 2.00 bits per heavy atom. The molecule has 0 saturated heterocycles. The fourth-order valence-electron chi connectivity index (χ4n) is 1.58. The van der Waals surface area contributed by atoms with Crippen LogP contribution in [0.3, 0.4) is 0 Å². The second-order valence-corrected chi connectivity index (χ2v) is 4.73. The summed E-state index contributed by atoms with van der Waals surface area (Å²) in [5.74, 6) is 0.0303. The van der Waals surface area contributed by atoms with Crippen LogP contribution in [0.15, 0.2) is 24.3 Å². The topological polar surface area (TPSA) is 44.1 Å². The number of carbonyl (C=O) groups is 1. The smallest absolute Gasteiger partial charge is 0.232 e. The van der Waals surface area contributed by atoms with Crippen molar-refractivity contribution in [3.63, 3.8) is 0 Å². The highest BCUT2D eigenvalue weighted by molar-refractivity contribution is 5.97. The van der Waals surface area contributed by atoms with E-state index in [0.717, 1.165) is 6.42 Å². The van der Waals surface area contributed by atoms with Crippen molar-refractivity contribution in [2.75, 3.05) is 11.9 Å². The minimum Gasteiger partial charge on any atom is -0.314 e. The van der Waals surface area contributed by atoms with E-state index in [0.29, 0.717) is 11.3 Å². The number of amides is 1. The Morgan fingerprint density at radius 3 is 2.53 bits per heavy atom. The molecule has 0 radical (unpaired) electrons. The minimum atomic E-state index is -0.405. The van der Waals surface area contributed by atoms with Crippen LogP contribution in [-0.4, -0.2) is 13.0 Å². The van der Waals surface area contributed by atoms with Crippen LogP contribution in [0.25, 0.3) is 0 Å². The normalized spacial score (nSPS) is 10.8. The molecule has 0 aliphatic heterocycles. The SMILES string of the molecule is CCC(C)(C)C(=O)N(C)c1ccccc1C#N. The van der Waals surface area contributed by atoms with Gasteiger partial charge in [-0.15, -0.1) is 0 Å². The second-order valence-electron chi connectivity index (χ2n) is 4.73. The Balaban J connectivity index is 3.10. The third-order valence-electron chi connectivity index (χ3n) is 3.15. The first-order valence-electron chi connectivity index (χ1n) is 5.71. The van der Waals surface area contributed by atoms with Crippen LogP contribution in [0.4, 0.5) is 5.69 Å². The first-order valence-corrected chi connectivity index (χ1v) is 5.71. The van der Waals surface area contributed by atoms with Gasteiger partial charge >= 0.3 is 0 Å². The van der Waals surface area contributed by atoms with Crippen molar-refractivity contribution < 1.29 is 4.79 Å². The molecule has 17 heavy (non-hydrogen) atoms. The zero-order valence-corrected chi connectivity index (χ0v) is 10.8. The number of hydrogen-bond donors (Lipinski definition) is 0. The summed E-state index contributed by atoms with van der Waals surface area (Å²) in [5, 5.41) is 9.02. The average molecular weight is 230 g/mol. The number of carbonyl (C=O) groups excluding carboxylic acids is 1. The van der Waals surface area contributed by atoms with Crippen LogP contribution in [0.2, 0.25) is 0 Å². The van der Waals surface area contributed by atoms with Crippen LogP contribution in [-0.2, 0) is 4.79 Å². The summed E-state index contributed by atoms with van der Waals surface area (Å²) in [7, 11) is 1.72. The van der Waals surface area contributed by atoms with Crippen molar-refractivity contribution in [1.29, 1.82) is 5.26 Å². The lowest BCUT2D eigenvalue weighted by Crippen LogP contribution is -2.38. The maximum atomic E-state index is 12.3. The third-order valence-corrected chi connectivity index (χ3v) is 3.15. The van der Waals surface area contributed by atoms with Crippen molar-refractivity contribution >= 4 is 11.6 Å². The van der Waals surface area contributed by atoms with Gasteiger partial charge in [-0.05, 0) is 18.6 Å². The molecule has 0 aromatic heterocycles. The van der Waals surface area contributed by atoms with Gasteiger partial charge in [-0.1, -0.05) is 32.9 Å². The maximum Gasteiger partial charge on any atom is 0.232 e. The molecule has 0 heterocycles. The Hall–Kier alpha value is -1.82. The standard InChI is InChI=1S/C14H18N2O/c1-5-14(2,3)13(17)16(4)12-9-7-6-8-11(12)10-15/h6-9H,5H2,1-4H3. The third kappa shape index (κ3) is 2.65. The van der Waals surface area contributed by atoms with Gasteiger partial charge in [0.1, 0.15) is 6.07 Å². The van der Waals surface area contributed by atoms with Crippen LogP contribution >= 0.6 is 0 Å². The molecular formula is C14H18N2O. The molecule has 0 saturated carbocycles. The number of anilines is 1. The van der Waals surface area contributed by atoms with Crippen molar-refractivity contribution in [1.82, 2.24) is 0 Å². The van der Waals surface area contributed by atoms with Crippen molar-refractivity contribution in [2.24, 2.45) is 5.41 Å². The van der Waals surface area contributed by atoms with E-state index in [-0.39, 0.29) is 5.91 Å². The summed E-state index contributed by atoms with van der Waals surface area (Å²) >= 11 is 0. The van der Waals surface area contributed by atoms with E-state index in [1.54, 1.807) is 30.1 Å². The van der Waals surface area contributed by atoms with Gasteiger partial charge in [-0.3, -0.25) is 4.79 Å². The predicted octanol–water partition coefficient (Wildman–Crippen LogP) is 2.96. The summed E-state index contributed by atoms with van der Waals surface area (Å²) in [4.78, 5) is 13.9. The van der Waals surface area contributed by atoms with Crippen LogP contribution in [0.1, 0.15) is 32.8 Å². The molecule has 3 nitrogen and oxygen atoms in total. The zero-order chi connectivity index (χ0) is 13.1. The van der Waals surface area contributed by atoms with Crippen molar-refractivity contribution in [3.8, 4) is 6.07 Å². The summed E-state index contributed by atoms with van der Waals surface area (Å²) in [6.45, 7) is 5.82. The highest BCUT2D eigenvalue weighted by Crippen LogP contribution is 2.27. The van der Waals surface area contributed by atoms with E-state index in [1.165, 1.54) is 0 Å². The highest BCUT2D eigenvalue weighted by atomic mass is 16.2. The average Bonchev–Trinajstić information content (AvgIpc) is 2.36. The van der Waals surface area contributed by atoms with E-state index in [2.05, 4.69) is 6.07 Å². The summed E-state index contributed by atoms with van der Waals surface area (Å²) < 4.78 is 0. The molecule has 0 atom stereocenters. The fourth-order valence-corrected chi connectivity index (χ4v) is 1.58. The molecule has 0 aliphatic carbocycles. The van der Waals surface area contributed by atoms with E-state index < -0.39 is 5.41 Å². The quantitative estimate of drug-likeness (QED) is 0.801. The summed E-state index contributed by atoms with van der Waals surface area (Å²) in [6, 6.07) is 9.25. The lowest BCUT2D eigenvalue weighted by atomic mass is 9.88. The van der Waals surface area contributed by atoms with Gasteiger partial charge in [0.15, 0.2) is 0 Å². The van der Waals surface area contributed by atoms with E-state index in [4.69, 9.17) is 5.26 Å². The largest absolute Gasteiger partial charge is 0.314 e. The van der Waals surface area contributed by atoms with E-state index >= 15 is 0 Å². The van der Waals surface area contributed by atoms with E-state index in [9.17, 15) is 4.79 Å².